The first kappa shape index (κ1) is 27.2. The van der Waals surface area contributed by atoms with Gasteiger partial charge in [-0.05, 0) is 81.7 Å². The minimum absolute atomic E-state index is 0.161. The summed E-state index contributed by atoms with van der Waals surface area (Å²) >= 11 is 15.4. The van der Waals surface area contributed by atoms with E-state index in [2.05, 4.69) is 21.2 Å². The summed E-state index contributed by atoms with van der Waals surface area (Å²) in [7, 11) is 0. The zero-order valence-corrected chi connectivity index (χ0v) is 23.0. The lowest BCUT2D eigenvalue weighted by Crippen LogP contribution is -2.13. The van der Waals surface area contributed by atoms with Crippen LogP contribution in [0.4, 0.5) is 5.69 Å². The molecular formula is C29H19BrCl2N2O4. The summed E-state index contributed by atoms with van der Waals surface area (Å²) in [5.41, 5.74) is 1.11. The van der Waals surface area contributed by atoms with Crippen molar-refractivity contribution in [1.29, 1.82) is 5.26 Å². The first-order chi connectivity index (χ1) is 18.3. The Balaban J connectivity index is 1.63. The standard InChI is InChI=1S/C29H19BrCl2N2O4/c1-2-37-26-14-17(12-19(16-33)28(35)34-20-10-11-24(31)25(32)15-20)13-23(30)27(26)38-29(36)22-9-5-7-18-6-3-4-8-21(18)22/h3-15H,2H2,1H3,(H,34,35)/b19-12+. The number of fused-ring (bicyclic) bond motifs is 1. The van der Waals surface area contributed by atoms with Gasteiger partial charge in [0.1, 0.15) is 11.6 Å². The van der Waals surface area contributed by atoms with Gasteiger partial charge >= 0.3 is 5.97 Å². The van der Waals surface area contributed by atoms with E-state index in [1.807, 2.05) is 36.4 Å². The summed E-state index contributed by atoms with van der Waals surface area (Å²) in [6.07, 6.45) is 1.40. The van der Waals surface area contributed by atoms with Gasteiger partial charge in [-0.15, -0.1) is 0 Å². The summed E-state index contributed by atoms with van der Waals surface area (Å²) in [5.74, 6) is -0.735. The third-order valence-corrected chi connectivity index (χ3v) is 6.72. The number of anilines is 1. The van der Waals surface area contributed by atoms with Crippen LogP contribution in [0.1, 0.15) is 22.8 Å². The van der Waals surface area contributed by atoms with Gasteiger partial charge in [0, 0.05) is 5.69 Å². The highest BCUT2D eigenvalue weighted by molar-refractivity contribution is 9.10. The molecule has 0 saturated heterocycles. The van der Waals surface area contributed by atoms with Crippen LogP contribution in [0.3, 0.4) is 0 Å². The van der Waals surface area contributed by atoms with Crippen molar-refractivity contribution < 1.29 is 19.1 Å². The molecule has 0 aliphatic carbocycles. The highest BCUT2D eigenvalue weighted by atomic mass is 79.9. The Labute approximate surface area is 237 Å². The average molecular weight is 610 g/mol. The molecule has 6 nitrogen and oxygen atoms in total. The number of esters is 1. The maximum Gasteiger partial charge on any atom is 0.344 e. The molecule has 0 heterocycles. The smallest absolute Gasteiger partial charge is 0.344 e. The number of amides is 1. The van der Waals surface area contributed by atoms with Crippen molar-refractivity contribution in [3.63, 3.8) is 0 Å². The third kappa shape index (κ3) is 6.17. The molecular weight excluding hydrogens is 591 g/mol. The molecule has 0 aliphatic rings. The van der Waals surface area contributed by atoms with Crippen LogP contribution in [0.2, 0.25) is 10.0 Å². The molecule has 0 aliphatic heterocycles. The van der Waals surface area contributed by atoms with Crippen LogP contribution in [-0.2, 0) is 4.79 Å². The maximum atomic E-state index is 13.1. The van der Waals surface area contributed by atoms with Gasteiger partial charge in [0.15, 0.2) is 11.5 Å². The SMILES string of the molecule is CCOc1cc(/C=C(\C#N)C(=O)Nc2ccc(Cl)c(Cl)c2)cc(Br)c1OC(=O)c1cccc2ccccc12. The molecule has 0 atom stereocenters. The van der Waals surface area contributed by atoms with E-state index in [1.165, 1.54) is 12.1 Å². The molecule has 1 amide bonds. The summed E-state index contributed by atoms with van der Waals surface area (Å²) < 4.78 is 11.9. The van der Waals surface area contributed by atoms with Gasteiger partial charge in [-0.2, -0.15) is 5.26 Å². The molecule has 4 aromatic rings. The van der Waals surface area contributed by atoms with Crippen LogP contribution in [0.5, 0.6) is 11.5 Å². The van der Waals surface area contributed by atoms with E-state index in [0.717, 1.165) is 10.8 Å². The second-order valence-corrected chi connectivity index (χ2v) is 9.60. The second kappa shape index (κ2) is 12.1. The molecule has 38 heavy (non-hydrogen) atoms. The van der Waals surface area contributed by atoms with E-state index in [0.29, 0.717) is 32.9 Å². The van der Waals surface area contributed by atoms with Crippen molar-refractivity contribution in [3.8, 4) is 17.6 Å². The zero-order valence-electron chi connectivity index (χ0n) is 19.9. The van der Waals surface area contributed by atoms with E-state index in [-0.39, 0.29) is 22.1 Å². The van der Waals surface area contributed by atoms with Crippen LogP contribution in [0.25, 0.3) is 16.8 Å². The minimum atomic E-state index is -0.633. The third-order valence-electron chi connectivity index (χ3n) is 5.39. The molecule has 9 heteroatoms. The zero-order chi connectivity index (χ0) is 27.2. The lowest BCUT2D eigenvalue weighted by molar-refractivity contribution is -0.112. The number of rotatable bonds is 7. The Bertz CT molecular complexity index is 1620. The largest absolute Gasteiger partial charge is 0.490 e. The summed E-state index contributed by atoms with van der Waals surface area (Å²) in [6, 6.07) is 22.6. The number of carbonyl (C=O) groups excluding carboxylic acids is 2. The molecule has 0 saturated carbocycles. The summed E-state index contributed by atoms with van der Waals surface area (Å²) in [6.45, 7) is 2.08. The number of halogens is 3. The van der Waals surface area contributed by atoms with Gasteiger partial charge in [0.05, 0.1) is 26.7 Å². The van der Waals surface area contributed by atoms with Gasteiger partial charge in [-0.1, -0.05) is 59.6 Å². The Kier molecular flexibility index (Phi) is 8.70. The van der Waals surface area contributed by atoms with Crippen LogP contribution in [-0.4, -0.2) is 18.5 Å². The molecule has 4 aromatic carbocycles. The number of benzene rings is 4. The van der Waals surface area contributed by atoms with Gasteiger partial charge in [0.25, 0.3) is 5.91 Å². The molecule has 4 rings (SSSR count). The fraction of sp³-hybridized carbons (Fsp3) is 0.0690. The van der Waals surface area contributed by atoms with Gasteiger partial charge in [0.2, 0.25) is 0 Å². The Hall–Kier alpha value is -3.83. The van der Waals surface area contributed by atoms with Crippen molar-refractivity contribution in [2.45, 2.75) is 6.92 Å². The first-order valence-corrected chi connectivity index (χ1v) is 12.9. The molecule has 190 valence electrons. The van der Waals surface area contributed by atoms with E-state index in [4.69, 9.17) is 32.7 Å². The highest BCUT2D eigenvalue weighted by Gasteiger charge is 2.19. The minimum Gasteiger partial charge on any atom is -0.490 e. The molecule has 0 fully saturated rings. The first-order valence-electron chi connectivity index (χ1n) is 11.3. The number of ether oxygens (including phenoxy) is 2. The number of hydrogen-bond acceptors (Lipinski definition) is 5. The van der Waals surface area contributed by atoms with Crippen molar-refractivity contribution in [1.82, 2.24) is 0 Å². The van der Waals surface area contributed by atoms with Crippen molar-refractivity contribution in [3.05, 3.63) is 104 Å². The topological polar surface area (TPSA) is 88.4 Å². The monoisotopic (exact) mass is 608 g/mol. The molecule has 0 radical (unpaired) electrons. The Morgan fingerprint density at radius 2 is 1.79 bits per heavy atom. The van der Waals surface area contributed by atoms with Crippen molar-refractivity contribution >= 4 is 73.5 Å². The fourth-order valence-electron chi connectivity index (χ4n) is 3.67. The van der Waals surface area contributed by atoms with Gasteiger partial charge in [-0.25, -0.2) is 4.79 Å². The van der Waals surface area contributed by atoms with Crippen LogP contribution >= 0.6 is 39.1 Å². The molecule has 0 unspecified atom stereocenters. The Morgan fingerprint density at radius 1 is 1.03 bits per heavy atom. The molecule has 0 bridgehead atoms. The predicted molar refractivity (Wildman–Crippen MR) is 153 cm³/mol. The van der Waals surface area contributed by atoms with Gasteiger partial charge in [-0.3, -0.25) is 4.79 Å². The number of nitrogens with zero attached hydrogens (tertiary/aromatic N) is 1. The number of nitriles is 1. The van der Waals surface area contributed by atoms with Crippen molar-refractivity contribution in [2.24, 2.45) is 0 Å². The van der Waals surface area contributed by atoms with Gasteiger partial charge < -0.3 is 14.8 Å². The van der Waals surface area contributed by atoms with Crippen LogP contribution in [0.15, 0.2) is 82.8 Å². The summed E-state index contributed by atoms with van der Waals surface area (Å²) in [5, 5.41) is 14.5. The summed E-state index contributed by atoms with van der Waals surface area (Å²) in [4.78, 5) is 25.9. The second-order valence-electron chi connectivity index (χ2n) is 7.93. The molecule has 1 N–H and O–H groups in total. The van der Waals surface area contributed by atoms with E-state index >= 15 is 0 Å². The highest BCUT2D eigenvalue weighted by Crippen LogP contribution is 2.38. The van der Waals surface area contributed by atoms with E-state index in [1.54, 1.807) is 43.3 Å². The normalized spacial score (nSPS) is 11.1. The van der Waals surface area contributed by atoms with E-state index < -0.39 is 11.9 Å². The van der Waals surface area contributed by atoms with E-state index in [9.17, 15) is 14.9 Å². The van der Waals surface area contributed by atoms with Crippen LogP contribution < -0.4 is 14.8 Å². The predicted octanol–water partition coefficient (Wildman–Crippen LogP) is 8.07. The number of carbonyl (C=O) groups is 2. The molecule has 0 aromatic heterocycles. The number of nitrogens with one attached hydrogen (secondary N) is 1. The number of hydrogen-bond donors (Lipinski definition) is 1. The lowest BCUT2D eigenvalue weighted by Gasteiger charge is -2.14. The molecule has 0 spiro atoms. The fourth-order valence-corrected chi connectivity index (χ4v) is 4.51. The maximum absolute atomic E-state index is 13.1. The lowest BCUT2D eigenvalue weighted by atomic mass is 10.0. The Morgan fingerprint density at radius 3 is 2.53 bits per heavy atom. The average Bonchev–Trinajstić information content (AvgIpc) is 2.91. The van der Waals surface area contributed by atoms with Crippen molar-refractivity contribution in [2.75, 3.05) is 11.9 Å². The quantitative estimate of drug-likeness (QED) is 0.0990. The van der Waals surface area contributed by atoms with Crippen LogP contribution in [0, 0.1) is 11.3 Å².